The maximum absolute atomic E-state index is 12.1. The largest absolute Gasteiger partial charge is 0.480 e. The molecule has 3 amide bonds. The number of carbonyl (C=O) groups excluding carboxylic acids is 3. The number of aliphatic hydroxyl groups is 2. The Labute approximate surface area is 161 Å². The van der Waals surface area contributed by atoms with Crippen LogP contribution in [0.3, 0.4) is 0 Å². The Morgan fingerprint density at radius 1 is 1.04 bits per heavy atom. The maximum atomic E-state index is 12.1. The second-order valence-electron chi connectivity index (χ2n) is 5.95. The summed E-state index contributed by atoms with van der Waals surface area (Å²) in [7, 11) is 0. The quantitative estimate of drug-likeness (QED) is 0.176. The minimum absolute atomic E-state index is 0.222. The highest BCUT2D eigenvalue weighted by molar-refractivity contribution is 7.98. The van der Waals surface area contributed by atoms with E-state index in [1.165, 1.54) is 25.6 Å². The van der Waals surface area contributed by atoms with Gasteiger partial charge >= 0.3 is 5.97 Å². The Morgan fingerprint density at radius 3 is 2.07 bits per heavy atom. The summed E-state index contributed by atoms with van der Waals surface area (Å²) in [4.78, 5) is 46.9. The fourth-order valence-electron chi connectivity index (χ4n) is 1.89. The van der Waals surface area contributed by atoms with Crippen LogP contribution in [0, 0.1) is 0 Å². The van der Waals surface area contributed by atoms with Gasteiger partial charge in [-0.05, 0) is 32.3 Å². The summed E-state index contributed by atoms with van der Waals surface area (Å²) in [6.07, 6.45) is -0.441. The molecule has 0 aliphatic carbocycles. The summed E-state index contributed by atoms with van der Waals surface area (Å²) < 4.78 is 0. The Bertz CT molecular complexity index is 530. The molecule has 0 aromatic heterocycles. The molecule has 0 bridgehead atoms. The molecule has 0 aromatic rings. The fraction of sp³-hybridized carbons (Fsp3) is 0.733. The number of carbonyl (C=O) groups is 4. The zero-order valence-corrected chi connectivity index (χ0v) is 16.3. The third kappa shape index (κ3) is 9.56. The van der Waals surface area contributed by atoms with Crippen molar-refractivity contribution in [1.82, 2.24) is 16.0 Å². The number of carboxylic acid groups (broad SMARTS) is 1. The fourth-order valence-corrected chi connectivity index (χ4v) is 2.36. The topological polar surface area (TPSA) is 191 Å². The van der Waals surface area contributed by atoms with Crippen molar-refractivity contribution in [2.75, 3.05) is 18.6 Å². The third-order valence-corrected chi connectivity index (χ3v) is 4.20. The number of hydrogen-bond donors (Lipinski definition) is 7. The normalized spacial score (nSPS) is 16.4. The van der Waals surface area contributed by atoms with Gasteiger partial charge in [0.2, 0.25) is 17.7 Å². The standard InChI is InChI=1S/C15H28N4O7S/c1-7(20)11(16)13(23)19-12(8(2)21)14(24)17-6-10(22)18-9(15(25)26)4-5-27-3/h7-9,11-12,20-21H,4-6,16H2,1-3H3,(H,17,24)(H,18,22)(H,19,23)(H,25,26). The molecule has 0 aliphatic heterocycles. The van der Waals surface area contributed by atoms with Crippen LogP contribution in [0.2, 0.25) is 0 Å². The Balaban J connectivity index is 4.70. The van der Waals surface area contributed by atoms with Gasteiger partial charge < -0.3 is 37.0 Å². The second-order valence-corrected chi connectivity index (χ2v) is 6.94. The summed E-state index contributed by atoms with van der Waals surface area (Å²) in [5, 5.41) is 34.7. The highest BCUT2D eigenvalue weighted by Crippen LogP contribution is 2.01. The molecule has 0 spiro atoms. The molecule has 156 valence electrons. The van der Waals surface area contributed by atoms with Crippen molar-refractivity contribution in [3.05, 3.63) is 0 Å². The average molecular weight is 408 g/mol. The first-order valence-electron chi connectivity index (χ1n) is 8.22. The summed E-state index contributed by atoms with van der Waals surface area (Å²) in [6.45, 7) is 2.01. The number of carboxylic acids is 1. The molecule has 0 fully saturated rings. The number of hydrogen-bond acceptors (Lipinski definition) is 8. The van der Waals surface area contributed by atoms with Crippen molar-refractivity contribution in [2.45, 2.75) is 50.6 Å². The zero-order valence-electron chi connectivity index (χ0n) is 15.5. The number of amides is 3. The molecule has 0 heterocycles. The van der Waals surface area contributed by atoms with Crippen molar-refractivity contribution < 1.29 is 34.5 Å². The van der Waals surface area contributed by atoms with Gasteiger partial charge in [0.1, 0.15) is 18.1 Å². The lowest BCUT2D eigenvalue weighted by molar-refractivity contribution is -0.141. The van der Waals surface area contributed by atoms with Gasteiger partial charge in [0.25, 0.3) is 0 Å². The number of nitrogens with one attached hydrogen (secondary N) is 3. The van der Waals surface area contributed by atoms with E-state index < -0.39 is 60.6 Å². The average Bonchev–Trinajstić information content (AvgIpc) is 2.59. The molecule has 0 saturated carbocycles. The summed E-state index contributed by atoms with van der Waals surface area (Å²) in [5.41, 5.74) is 5.46. The van der Waals surface area contributed by atoms with Crippen LogP contribution in [0.1, 0.15) is 20.3 Å². The predicted octanol–water partition coefficient (Wildman–Crippen LogP) is -3.00. The van der Waals surface area contributed by atoms with Crippen LogP contribution in [-0.2, 0) is 19.2 Å². The van der Waals surface area contributed by atoms with E-state index in [1.54, 1.807) is 6.26 Å². The first-order valence-corrected chi connectivity index (χ1v) is 9.61. The lowest BCUT2D eigenvalue weighted by Crippen LogP contribution is -2.58. The first kappa shape index (κ1) is 25.1. The minimum atomic E-state index is -1.40. The van der Waals surface area contributed by atoms with Crippen molar-refractivity contribution >= 4 is 35.5 Å². The molecule has 0 saturated heterocycles. The van der Waals surface area contributed by atoms with Crippen LogP contribution in [0.15, 0.2) is 0 Å². The summed E-state index contributed by atoms with van der Waals surface area (Å²) in [6, 6.07) is -3.78. The Morgan fingerprint density at radius 2 is 1.63 bits per heavy atom. The van der Waals surface area contributed by atoms with E-state index in [2.05, 4.69) is 16.0 Å². The first-order chi connectivity index (χ1) is 12.5. The van der Waals surface area contributed by atoms with Crippen molar-refractivity contribution in [2.24, 2.45) is 5.73 Å². The van der Waals surface area contributed by atoms with Gasteiger partial charge in [-0.2, -0.15) is 11.8 Å². The van der Waals surface area contributed by atoms with Crippen molar-refractivity contribution in [1.29, 1.82) is 0 Å². The van der Waals surface area contributed by atoms with E-state index in [0.29, 0.717) is 5.75 Å². The number of aliphatic carboxylic acids is 1. The molecule has 5 unspecified atom stereocenters. The molecule has 8 N–H and O–H groups in total. The van der Waals surface area contributed by atoms with Gasteiger partial charge in [-0.25, -0.2) is 4.79 Å². The minimum Gasteiger partial charge on any atom is -0.480 e. The maximum Gasteiger partial charge on any atom is 0.326 e. The highest BCUT2D eigenvalue weighted by atomic mass is 32.2. The van der Waals surface area contributed by atoms with Gasteiger partial charge in [0.05, 0.1) is 18.8 Å². The molecule has 0 rings (SSSR count). The van der Waals surface area contributed by atoms with Gasteiger partial charge in [0.15, 0.2) is 0 Å². The van der Waals surface area contributed by atoms with E-state index in [9.17, 15) is 29.4 Å². The van der Waals surface area contributed by atoms with Gasteiger partial charge in [0, 0.05) is 0 Å². The van der Waals surface area contributed by atoms with E-state index in [1.807, 2.05) is 0 Å². The predicted molar refractivity (Wildman–Crippen MR) is 98.8 cm³/mol. The molecule has 0 aliphatic rings. The molecule has 5 atom stereocenters. The van der Waals surface area contributed by atoms with Crippen molar-refractivity contribution in [3.63, 3.8) is 0 Å². The van der Waals surface area contributed by atoms with Gasteiger partial charge in [-0.15, -0.1) is 0 Å². The molecular formula is C15H28N4O7S. The van der Waals surface area contributed by atoms with E-state index in [0.717, 1.165) is 0 Å². The van der Waals surface area contributed by atoms with E-state index >= 15 is 0 Å². The molecule has 11 nitrogen and oxygen atoms in total. The van der Waals surface area contributed by atoms with Crippen molar-refractivity contribution in [3.8, 4) is 0 Å². The van der Waals surface area contributed by atoms with Crippen LogP contribution in [0.5, 0.6) is 0 Å². The monoisotopic (exact) mass is 408 g/mol. The number of nitrogens with two attached hydrogens (primary N) is 1. The number of aliphatic hydroxyl groups excluding tert-OH is 2. The Kier molecular flexibility index (Phi) is 11.6. The summed E-state index contributed by atoms with van der Waals surface area (Å²) in [5.74, 6) is -3.09. The SMILES string of the molecule is CSCCC(NC(=O)CNC(=O)C(NC(=O)C(N)C(C)O)C(C)O)C(=O)O. The van der Waals surface area contributed by atoms with Crippen LogP contribution < -0.4 is 21.7 Å². The molecular weight excluding hydrogens is 380 g/mol. The smallest absolute Gasteiger partial charge is 0.326 e. The molecule has 0 aromatic carbocycles. The van der Waals surface area contributed by atoms with Crippen LogP contribution in [0.4, 0.5) is 0 Å². The Hall–Kier alpha value is -1.89. The highest BCUT2D eigenvalue weighted by Gasteiger charge is 2.29. The molecule has 27 heavy (non-hydrogen) atoms. The number of rotatable bonds is 12. The van der Waals surface area contributed by atoms with E-state index in [4.69, 9.17) is 10.8 Å². The lowest BCUT2D eigenvalue weighted by atomic mass is 10.1. The zero-order chi connectivity index (χ0) is 21.1. The van der Waals surface area contributed by atoms with Crippen LogP contribution in [-0.4, -0.2) is 87.9 Å². The van der Waals surface area contributed by atoms with Gasteiger partial charge in [-0.1, -0.05) is 0 Å². The van der Waals surface area contributed by atoms with Gasteiger partial charge in [-0.3, -0.25) is 14.4 Å². The molecule has 0 radical (unpaired) electrons. The summed E-state index contributed by atoms with van der Waals surface area (Å²) >= 11 is 1.43. The third-order valence-electron chi connectivity index (χ3n) is 3.55. The number of thioether (sulfide) groups is 1. The lowest BCUT2D eigenvalue weighted by Gasteiger charge is -2.23. The van der Waals surface area contributed by atoms with Crippen LogP contribution in [0.25, 0.3) is 0 Å². The molecule has 12 heteroatoms. The second kappa shape index (κ2) is 12.5. The van der Waals surface area contributed by atoms with Crippen LogP contribution >= 0.6 is 11.8 Å². The van der Waals surface area contributed by atoms with E-state index in [-0.39, 0.29) is 6.42 Å².